The minimum Gasteiger partial charge on any atom is -0.325 e. The van der Waals surface area contributed by atoms with Crippen LogP contribution in [0.25, 0.3) is 0 Å². The molecule has 29 heavy (non-hydrogen) atoms. The first-order chi connectivity index (χ1) is 13.9. The van der Waals surface area contributed by atoms with E-state index in [2.05, 4.69) is 16.4 Å². The monoisotopic (exact) mass is 401 g/mol. The standard InChI is InChI=1S/C24H23N3OS/c1-15-9-8-12-21(18(15)4)27-23(28)22(19-10-6-5-7-11-19)29-24-20(14-25)16(2)13-17(3)26-24/h5-13,22H,1-4H3,(H,27,28)/t22-/m0/s1. The summed E-state index contributed by atoms with van der Waals surface area (Å²) in [5.41, 5.74) is 6.03. The second-order valence-corrected chi connectivity index (χ2v) is 8.11. The molecule has 0 saturated carbocycles. The van der Waals surface area contributed by atoms with Crippen molar-refractivity contribution >= 4 is 23.4 Å². The fourth-order valence-electron chi connectivity index (χ4n) is 3.12. The number of amides is 1. The highest BCUT2D eigenvalue weighted by Gasteiger charge is 2.25. The van der Waals surface area contributed by atoms with Crippen LogP contribution in [0.15, 0.2) is 59.6 Å². The van der Waals surface area contributed by atoms with Crippen molar-refractivity contribution in [3.8, 4) is 6.07 Å². The van der Waals surface area contributed by atoms with Gasteiger partial charge in [0.15, 0.2) is 0 Å². The minimum atomic E-state index is -0.531. The van der Waals surface area contributed by atoms with Crippen molar-refractivity contribution in [3.05, 3.63) is 88.1 Å². The zero-order valence-electron chi connectivity index (χ0n) is 17.0. The van der Waals surface area contributed by atoms with Crippen LogP contribution in [0.2, 0.25) is 0 Å². The summed E-state index contributed by atoms with van der Waals surface area (Å²) in [7, 11) is 0. The maximum absolute atomic E-state index is 13.3. The number of nitriles is 1. The van der Waals surface area contributed by atoms with Gasteiger partial charge in [0.05, 0.1) is 5.56 Å². The molecule has 4 nitrogen and oxygen atoms in total. The lowest BCUT2D eigenvalue weighted by molar-refractivity contribution is -0.115. The summed E-state index contributed by atoms with van der Waals surface area (Å²) < 4.78 is 0. The van der Waals surface area contributed by atoms with E-state index in [1.807, 2.05) is 82.3 Å². The Morgan fingerprint density at radius 3 is 2.45 bits per heavy atom. The number of hydrogen-bond acceptors (Lipinski definition) is 4. The average Bonchev–Trinajstić information content (AvgIpc) is 2.70. The van der Waals surface area contributed by atoms with Crippen LogP contribution in [0.4, 0.5) is 5.69 Å². The molecule has 146 valence electrons. The quantitative estimate of drug-likeness (QED) is 0.560. The molecule has 0 fully saturated rings. The van der Waals surface area contributed by atoms with Crippen molar-refractivity contribution in [3.63, 3.8) is 0 Å². The predicted molar refractivity (Wildman–Crippen MR) is 118 cm³/mol. The first-order valence-corrected chi connectivity index (χ1v) is 10.3. The smallest absolute Gasteiger partial charge is 0.242 e. The molecular weight excluding hydrogens is 378 g/mol. The summed E-state index contributed by atoms with van der Waals surface area (Å²) in [5.74, 6) is -0.139. The van der Waals surface area contributed by atoms with Gasteiger partial charge in [-0.2, -0.15) is 5.26 Å². The summed E-state index contributed by atoms with van der Waals surface area (Å²) in [4.78, 5) is 17.9. The zero-order chi connectivity index (χ0) is 21.0. The Labute approximate surface area is 176 Å². The number of rotatable bonds is 5. The molecule has 0 radical (unpaired) electrons. The number of aromatic nitrogens is 1. The fourth-order valence-corrected chi connectivity index (χ4v) is 4.32. The zero-order valence-corrected chi connectivity index (χ0v) is 17.8. The topological polar surface area (TPSA) is 65.8 Å². The number of anilines is 1. The van der Waals surface area contributed by atoms with Crippen LogP contribution in [-0.2, 0) is 4.79 Å². The SMILES string of the molecule is Cc1cc(C)c(C#N)c(S[C@H](C(=O)Nc2cccc(C)c2C)c2ccccc2)n1. The second-order valence-electron chi connectivity index (χ2n) is 7.02. The molecule has 0 aliphatic rings. The highest BCUT2D eigenvalue weighted by molar-refractivity contribution is 8.00. The first kappa shape index (κ1) is 20.6. The number of hydrogen-bond donors (Lipinski definition) is 1. The van der Waals surface area contributed by atoms with Crippen molar-refractivity contribution in [2.24, 2.45) is 0 Å². The summed E-state index contributed by atoms with van der Waals surface area (Å²) in [6.07, 6.45) is 0. The summed E-state index contributed by atoms with van der Waals surface area (Å²) >= 11 is 1.31. The highest BCUT2D eigenvalue weighted by Crippen LogP contribution is 2.38. The maximum Gasteiger partial charge on any atom is 0.242 e. The number of carbonyl (C=O) groups excluding carboxylic acids is 1. The summed E-state index contributed by atoms with van der Waals surface area (Å²) in [6, 6.07) is 19.6. The molecule has 1 atom stereocenters. The molecule has 1 heterocycles. The van der Waals surface area contributed by atoms with Gasteiger partial charge < -0.3 is 5.32 Å². The summed E-state index contributed by atoms with van der Waals surface area (Å²) in [5, 5.41) is 12.7. The van der Waals surface area contributed by atoms with E-state index in [1.54, 1.807) is 0 Å². The Kier molecular flexibility index (Phi) is 6.36. The van der Waals surface area contributed by atoms with Crippen molar-refractivity contribution in [2.75, 3.05) is 5.32 Å². The molecule has 0 saturated heterocycles. The van der Waals surface area contributed by atoms with Crippen LogP contribution in [0, 0.1) is 39.0 Å². The van der Waals surface area contributed by atoms with Gasteiger partial charge in [-0.3, -0.25) is 4.79 Å². The van der Waals surface area contributed by atoms with Crippen LogP contribution >= 0.6 is 11.8 Å². The third kappa shape index (κ3) is 4.67. The van der Waals surface area contributed by atoms with Gasteiger partial charge >= 0.3 is 0 Å². The van der Waals surface area contributed by atoms with Gasteiger partial charge in [-0.25, -0.2) is 4.98 Å². The van der Waals surface area contributed by atoms with E-state index in [0.29, 0.717) is 10.6 Å². The van der Waals surface area contributed by atoms with E-state index in [1.165, 1.54) is 11.8 Å². The predicted octanol–water partition coefficient (Wildman–Crippen LogP) is 5.66. The lowest BCUT2D eigenvalue weighted by atomic mass is 10.1. The highest BCUT2D eigenvalue weighted by atomic mass is 32.2. The molecule has 0 bridgehead atoms. The van der Waals surface area contributed by atoms with Crippen LogP contribution in [0.3, 0.4) is 0 Å². The fraction of sp³-hybridized carbons (Fsp3) is 0.208. The second kappa shape index (κ2) is 8.93. The maximum atomic E-state index is 13.3. The first-order valence-electron chi connectivity index (χ1n) is 9.37. The molecule has 0 aliphatic heterocycles. The van der Waals surface area contributed by atoms with E-state index in [9.17, 15) is 10.1 Å². The molecule has 5 heteroatoms. The molecule has 3 rings (SSSR count). The van der Waals surface area contributed by atoms with Crippen molar-refractivity contribution in [2.45, 2.75) is 38.0 Å². The Morgan fingerprint density at radius 1 is 1.03 bits per heavy atom. The Hall–Kier alpha value is -3.10. The molecule has 0 unspecified atom stereocenters. The van der Waals surface area contributed by atoms with Crippen molar-refractivity contribution in [1.82, 2.24) is 4.98 Å². The van der Waals surface area contributed by atoms with E-state index in [-0.39, 0.29) is 5.91 Å². The molecule has 0 spiro atoms. The third-order valence-electron chi connectivity index (χ3n) is 4.86. The number of aryl methyl sites for hydroxylation is 3. The van der Waals surface area contributed by atoms with Crippen LogP contribution in [-0.4, -0.2) is 10.9 Å². The normalized spacial score (nSPS) is 11.6. The number of thioether (sulfide) groups is 1. The Balaban J connectivity index is 2.00. The van der Waals surface area contributed by atoms with E-state index >= 15 is 0 Å². The molecule has 2 aromatic carbocycles. The average molecular weight is 402 g/mol. The molecule has 0 aliphatic carbocycles. The largest absolute Gasteiger partial charge is 0.325 e. The number of nitrogens with zero attached hydrogens (tertiary/aromatic N) is 2. The Morgan fingerprint density at radius 2 is 1.76 bits per heavy atom. The van der Waals surface area contributed by atoms with Gasteiger partial charge in [-0.15, -0.1) is 0 Å². The van der Waals surface area contributed by atoms with Crippen molar-refractivity contribution in [1.29, 1.82) is 5.26 Å². The van der Waals surface area contributed by atoms with Gasteiger partial charge in [0, 0.05) is 11.4 Å². The molecular formula is C24H23N3OS. The van der Waals surface area contributed by atoms with Gasteiger partial charge in [-0.05, 0) is 62.1 Å². The van der Waals surface area contributed by atoms with Gasteiger partial charge in [0.25, 0.3) is 0 Å². The Bertz CT molecular complexity index is 1090. The van der Waals surface area contributed by atoms with Gasteiger partial charge in [-0.1, -0.05) is 54.2 Å². The molecule has 1 N–H and O–H groups in total. The minimum absolute atomic E-state index is 0.139. The number of nitrogens with one attached hydrogen (secondary N) is 1. The van der Waals surface area contributed by atoms with Crippen LogP contribution < -0.4 is 5.32 Å². The third-order valence-corrected chi connectivity index (χ3v) is 6.10. The molecule has 3 aromatic rings. The van der Waals surface area contributed by atoms with Gasteiger partial charge in [0.2, 0.25) is 5.91 Å². The van der Waals surface area contributed by atoms with Crippen LogP contribution in [0.5, 0.6) is 0 Å². The molecule has 1 amide bonds. The number of benzene rings is 2. The van der Waals surface area contributed by atoms with E-state index in [0.717, 1.165) is 33.6 Å². The number of pyridine rings is 1. The van der Waals surface area contributed by atoms with Crippen LogP contribution in [0.1, 0.15) is 38.8 Å². The number of carbonyl (C=O) groups is 1. The lowest BCUT2D eigenvalue weighted by Gasteiger charge is -2.19. The van der Waals surface area contributed by atoms with E-state index < -0.39 is 5.25 Å². The molecule has 1 aromatic heterocycles. The lowest BCUT2D eigenvalue weighted by Crippen LogP contribution is -2.20. The summed E-state index contributed by atoms with van der Waals surface area (Å²) in [6.45, 7) is 7.80. The van der Waals surface area contributed by atoms with Gasteiger partial charge in [0.1, 0.15) is 16.3 Å². The van der Waals surface area contributed by atoms with Crippen molar-refractivity contribution < 1.29 is 4.79 Å². The van der Waals surface area contributed by atoms with E-state index in [4.69, 9.17) is 0 Å².